The van der Waals surface area contributed by atoms with Gasteiger partial charge in [-0.1, -0.05) is 0 Å². The minimum atomic E-state index is -1.19. The average Bonchev–Trinajstić information content (AvgIpc) is 2.71. The molecular weight excluding hydrogens is 210 g/mol. The third-order valence-corrected chi connectivity index (χ3v) is 2.15. The highest BCUT2D eigenvalue weighted by Crippen LogP contribution is 1.94. The molecule has 1 heterocycles. The van der Waals surface area contributed by atoms with Crippen molar-refractivity contribution in [2.45, 2.75) is 12.5 Å². The molecule has 1 aromatic rings. The molecule has 0 radical (unpaired) electrons. The number of H-pyrrole nitrogens is 1. The molecule has 0 fully saturated rings. The van der Waals surface area contributed by atoms with Gasteiger partial charge < -0.3 is 15.4 Å². The molecule has 0 saturated heterocycles. The van der Waals surface area contributed by atoms with Crippen LogP contribution < -0.4 is 10.6 Å². The molecular formula is C10H15N3O3. The van der Waals surface area contributed by atoms with Gasteiger partial charge in [-0.2, -0.15) is 0 Å². The van der Waals surface area contributed by atoms with Crippen molar-refractivity contribution in [2.24, 2.45) is 0 Å². The average molecular weight is 225 g/mol. The van der Waals surface area contributed by atoms with Crippen LogP contribution in [-0.2, 0) is 16.0 Å². The molecule has 1 unspecified atom stereocenters. The molecule has 0 saturated carbocycles. The third kappa shape index (κ3) is 3.39. The van der Waals surface area contributed by atoms with Crippen molar-refractivity contribution in [3.8, 4) is 0 Å². The molecule has 1 atom stereocenters. The minimum Gasteiger partial charge on any atom is -0.480 e. The van der Waals surface area contributed by atoms with Gasteiger partial charge in [0, 0.05) is 24.9 Å². The summed E-state index contributed by atoms with van der Waals surface area (Å²) in [5, 5.41) is 13.7. The number of carbonyl (C=O) groups is 2. The molecule has 0 aliphatic carbocycles. The minimum absolute atomic E-state index is 0.408. The Kier molecular flexibility index (Phi) is 4.53. The Hall–Kier alpha value is -1.82. The zero-order chi connectivity index (χ0) is 12.0. The molecule has 1 aromatic heterocycles. The van der Waals surface area contributed by atoms with Crippen LogP contribution in [0.25, 0.3) is 0 Å². The van der Waals surface area contributed by atoms with Gasteiger partial charge in [-0.15, -0.1) is 0 Å². The second-order valence-corrected chi connectivity index (χ2v) is 3.30. The number of likely N-dealkylation sites (N-methyl/N-ethyl adjacent to an activating group) is 1. The van der Waals surface area contributed by atoms with E-state index in [1.165, 1.54) is 7.05 Å². The number of aromatic amines is 1. The number of carboxylic acids is 1. The fourth-order valence-corrected chi connectivity index (χ4v) is 1.31. The number of carboxylic acid groups (broad SMARTS) is 1. The summed E-state index contributed by atoms with van der Waals surface area (Å²) in [4.78, 5) is 25.0. The summed E-state index contributed by atoms with van der Waals surface area (Å²) >= 11 is 0. The molecule has 0 spiro atoms. The predicted molar refractivity (Wildman–Crippen MR) is 58.0 cm³/mol. The maximum absolute atomic E-state index is 11.4. The number of rotatable bonds is 6. The van der Waals surface area contributed by atoms with Gasteiger partial charge in [0.25, 0.3) is 0 Å². The van der Waals surface area contributed by atoms with Crippen molar-refractivity contribution < 1.29 is 14.7 Å². The van der Waals surface area contributed by atoms with E-state index in [1.54, 1.807) is 6.20 Å². The second-order valence-electron chi connectivity index (χ2n) is 3.30. The Bertz CT molecular complexity index is 348. The first kappa shape index (κ1) is 12.3. The number of hydrogen-bond donors (Lipinski definition) is 4. The van der Waals surface area contributed by atoms with Crippen LogP contribution in [0.5, 0.6) is 0 Å². The van der Waals surface area contributed by atoms with Crippen LogP contribution in [0.3, 0.4) is 0 Å². The fourth-order valence-electron chi connectivity index (χ4n) is 1.31. The number of carbonyl (C=O) groups excluding carboxylic acids is 1. The molecule has 0 aliphatic heterocycles. The summed E-state index contributed by atoms with van der Waals surface area (Å²) in [6, 6.07) is 2.58. The summed E-state index contributed by atoms with van der Waals surface area (Å²) in [6.07, 6.45) is 2.44. The van der Waals surface area contributed by atoms with Gasteiger partial charge in [-0.3, -0.25) is 10.1 Å². The summed E-state index contributed by atoms with van der Waals surface area (Å²) in [7, 11) is 1.43. The lowest BCUT2D eigenvalue weighted by atomic mass is 10.2. The van der Waals surface area contributed by atoms with E-state index >= 15 is 0 Å². The Balaban J connectivity index is 2.32. The van der Waals surface area contributed by atoms with Gasteiger partial charge >= 0.3 is 5.97 Å². The zero-order valence-electron chi connectivity index (χ0n) is 8.99. The van der Waals surface area contributed by atoms with E-state index in [4.69, 9.17) is 5.11 Å². The first-order valence-corrected chi connectivity index (χ1v) is 4.95. The van der Waals surface area contributed by atoms with E-state index in [0.29, 0.717) is 13.0 Å². The number of amides is 1. The Labute approximate surface area is 93.0 Å². The van der Waals surface area contributed by atoms with Crippen LogP contribution >= 0.6 is 0 Å². The smallest absolute Gasteiger partial charge is 0.330 e. The number of hydrogen-bond acceptors (Lipinski definition) is 3. The van der Waals surface area contributed by atoms with Crippen molar-refractivity contribution in [3.63, 3.8) is 0 Å². The maximum Gasteiger partial charge on any atom is 0.330 e. The first-order valence-electron chi connectivity index (χ1n) is 4.95. The number of aromatic nitrogens is 1. The van der Waals surface area contributed by atoms with Crippen LogP contribution in [-0.4, -0.2) is 41.6 Å². The lowest BCUT2D eigenvalue weighted by Gasteiger charge is -2.11. The van der Waals surface area contributed by atoms with Gasteiger partial charge in [-0.25, -0.2) is 4.79 Å². The number of nitrogens with one attached hydrogen (secondary N) is 3. The summed E-state index contributed by atoms with van der Waals surface area (Å²) in [5.41, 5.74) is 0.997. The highest BCUT2D eigenvalue weighted by atomic mass is 16.4. The summed E-state index contributed by atoms with van der Waals surface area (Å²) in [5.74, 6) is -1.71. The van der Waals surface area contributed by atoms with E-state index in [9.17, 15) is 9.59 Å². The van der Waals surface area contributed by atoms with Crippen LogP contribution in [0.2, 0.25) is 0 Å². The van der Waals surface area contributed by atoms with Gasteiger partial charge in [-0.05, 0) is 19.2 Å². The lowest BCUT2D eigenvalue weighted by Crippen LogP contribution is -2.48. The van der Waals surface area contributed by atoms with Gasteiger partial charge in [0.15, 0.2) is 6.04 Å². The zero-order valence-corrected chi connectivity index (χ0v) is 8.99. The Morgan fingerprint density at radius 2 is 2.31 bits per heavy atom. The van der Waals surface area contributed by atoms with E-state index in [1.807, 2.05) is 12.1 Å². The molecule has 6 nitrogen and oxygen atoms in total. The summed E-state index contributed by atoms with van der Waals surface area (Å²) in [6.45, 7) is 0.408. The molecule has 1 rings (SSSR count). The van der Waals surface area contributed by atoms with E-state index < -0.39 is 17.9 Å². The predicted octanol–water partition coefficient (Wildman–Crippen LogP) is -0.654. The third-order valence-electron chi connectivity index (χ3n) is 2.15. The topological polar surface area (TPSA) is 94.2 Å². The molecule has 88 valence electrons. The molecule has 6 heteroatoms. The van der Waals surface area contributed by atoms with Crippen molar-refractivity contribution in [1.29, 1.82) is 0 Å². The van der Waals surface area contributed by atoms with Crippen molar-refractivity contribution in [2.75, 3.05) is 13.6 Å². The van der Waals surface area contributed by atoms with E-state index in [0.717, 1.165) is 5.69 Å². The maximum atomic E-state index is 11.4. The van der Waals surface area contributed by atoms with Gasteiger partial charge in [0.1, 0.15) is 0 Å². The van der Waals surface area contributed by atoms with Crippen molar-refractivity contribution in [1.82, 2.24) is 15.6 Å². The van der Waals surface area contributed by atoms with E-state index in [-0.39, 0.29) is 0 Å². The van der Waals surface area contributed by atoms with Crippen molar-refractivity contribution in [3.05, 3.63) is 24.0 Å². The Morgan fingerprint density at radius 1 is 1.56 bits per heavy atom. The lowest BCUT2D eigenvalue weighted by molar-refractivity contribution is -0.143. The first-order chi connectivity index (χ1) is 7.65. The normalized spacial score (nSPS) is 12.1. The standard InChI is InChI=1S/C10H15N3O3/c1-11-8(10(15)16)9(14)13-6-4-7-3-2-5-12-7/h2-3,5,8,11-12H,4,6H2,1H3,(H,13,14)(H,15,16). The Morgan fingerprint density at radius 3 is 2.81 bits per heavy atom. The molecule has 0 aliphatic rings. The molecule has 16 heavy (non-hydrogen) atoms. The second kappa shape index (κ2) is 5.92. The van der Waals surface area contributed by atoms with Crippen LogP contribution in [0.4, 0.5) is 0 Å². The highest BCUT2D eigenvalue weighted by Gasteiger charge is 2.23. The molecule has 0 bridgehead atoms. The van der Waals surface area contributed by atoms with Gasteiger partial charge in [0.2, 0.25) is 5.91 Å². The monoisotopic (exact) mass is 225 g/mol. The fraction of sp³-hybridized carbons (Fsp3) is 0.400. The molecule has 1 amide bonds. The molecule has 0 aromatic carbocycles. The largest absolute Gasteiger partial charge is 0.480 e. The SMILES string of the molecule is CNC(C(=O)O)C(=O)NCCc1ccc[nH]1. The van der Waals surface area contributed by atoms with Gasteiger partial charge in [0.05, 0.1) is 0 Å². The van der Waals surface area contributed by atoms with E-state index in [2.05, 4.69) is 15.6 Å². The molecule has 4 N–H and O–H groups in total. The van der Waals surface area contributed by atoms with Crippen molar-refractivity contribution >= 4 is 11.9 Å². The highest BCUT2D eigenvalue weighted by molar-refractivity contribution is 6.01. The van der Waals surface area contributed by atoms with Crippen LogP contribution in [0.1, 0.15) is 5.69 Å². The summed E-state index contributed by atoms with van der Waals surface area (Å²) < 4.78 is 0. The van der Waals surface area contributed by atoms with Crippen LogP contribution in [0.15, 0.2) is 18.3 Å². The number of aliphatic carboxylic acids is 1. The van der Waals surface area contributed by atoms with Crippen LogP contribution in [0, 0.1) is 0 Å². The quantitative estimate of drug-likeness (QED) is 0.484.